The second kappa shape index (κ2) is 52.3. The molecule has 2 saturated heterocycles. The average Bonchev–Trinajstić information content (AvgIpc) is 3.51. The second-order valence-electron chi connectivity index (χ2n) is 23.6. The number of hydrogen-bond acceptors (Lipinski definition) is 13. The Morgan fingerprint density at radius 3 is 1.25 bits per heavy atom. The van der Waals surface area contributed by atoms with Crippen molar-refractivity contribution in [2.45, 2.75) is 351 Å². The van der Waals surface area contributed by atoms with Crippen LogP contribution in [0.25, 0.3) is 0 Å². The Hall–Kier alpha value is -2.05. The first-order valence-corrected chi connectivity index (χ1v) is 33.4. The predicted molar refractivity (Wildman–Crippen MR) is 327 cm³/mol. The molecule has 2 aliphatic heterocycles. The highest BCUT2D eigenvalue weighted by molar-refractivity contribution is 5.76. The molecule has 81 heavy (non-hydrogen) atoms. The van der Waals surface area contributed by atoms with E-state index in [9.17, 15) is 45.6 Å². The highest BCUT2D eigenvalue weighted by atomic mass is 16.7. The van der Waals surface area contributed by atoms with Crippen molar-refractivity contribution >= 4 is 5.91 Å². The summed E-state index contributed by atoms with van der Waals surface area (Å²) < 4.78 is 22.7. The van der Waals surface area contributed by atoms with Gasteiger partial charge in [0.25, 0.3) is 0 Å². The highest BCUT2D eigenvalue weighted by Crippen LogP contribution is 2.30. The SMILES string of the molecule is CCCCCCC/C=C\C/C=C\C/C=C\CCCCCCCCCCCCCCCCCCCCCCCCCCC(=O)NC(COC1OC(CO)C(OC2OC(CO)C(O)C(O)C2O)C(O)C1O)C(O)/C=C/CCCCCCCC. The van der Waals surface area contributed by atoms with E-state index in [1.165, 1.54) is 193 Å². The number of unbranched alkanes of at least 4 members (excludes halogenated alkanes) is 35. The lowest BCUT2D eigenvalue weighted by Crippen LogP contribution is -2.65. The number of hydrogen-bond donors (Lipinski definition) is 9. The smallest absolute Gasteiger partial charge is 0.220 e. The number of allylic oxidation sites excluding steroid dienone is 7. The molecule has 2 fully saturated rings. The Balaban J connectivity index is 1.50. The first kappa shape index (κ1) is 75.0. The zero-order valence-electron chi connectivity index (χ0n) is 51.3. The first-order chi connectivity index (χ1) is 39.6. The van der Waals surface area contributed by atoms with Gasteiger partial charge in [-0.1, -0.05) is 262 Å². The monoisotopic (exact) mass is 1150 g/mol. The maximum atomic E-state index is 13.2. The third kappa shape index (κ3) is 37.2. The van der Waals surface area contributed by atoms with Gasteiger partial charge in [0, 0.05) is 6.42 Å². The molecule has 0 aromatic rings. The van der Waals surface area contributed by atoms with Crippen LogP contribution in [0.15, 0.2) is 48.6 Å². The van der Waals surface area contributed by atoms with Gasteiger partial charge in [-0.3, -0.25) is 4.79 Å². The standard InChI is InChI=1S/C67H123NO13/c1-3-5-7-9-11-13-14-15-16-17-18-19-20-21-22-23-24-25-26-27-28-29-30-31-32-33-34-35-36-37-38-39-40-41-42-43-45-47-49-51-59(72)68-55(56(71)50-48-46-44-12-10-8-6-4-2)54-78-66-64(77)62(75)65(58(53-70)80-66)81-67-63(76)61(74)60(73)57(52-69)79-67/h14-15,17-18,20-21,48,50,55-58,60-67,69-71,73-77H,3-13,16,19,22-47,49,51-54H2,1-2H3,(H,68,72)/b15-14-,18-17-,21-20-,50-48+. The van der Waals surface area contributed by atoms with Crippen molar-refractivity contribution in [2.75, 3.05) is 19.8 Å². The van der Waals surface area contributed by atoms with E-state index >= 15 is 0 Å². The van der Waals surface area contributed by atoms with Gasteiger partial charge in [0.1, 0.15) is 48.8 Å². The van der Waals surface area contributed by atoms with Gasteiger partial charge in [0.15, 0.2) is 12.6 Å². The molecule has 0 spiro atoms. The van der Waals surface area contributed by atoms with Gasteiger partial charge in [-0.15, -0.1) is 0 Å². The van der Waals surface area contributed by atoms with Crippen LogP contribution in [0, 0.1) is 0 Å². The summed E-state index contributed by atoms with van der Waals surface area (Å²) in [5.74, 6) is -0.239. The van der Waals surface area contributed by atoms with Crippen molar-refractivity contribution in [2.24, 2.45) is 0 Å². The Labute approximate surface area is 493 Å². The fourth-order valence-corrected chi connectivity index (χ4v) is 10.9. The molecule has 0 radical (unpaired) electrons. The Morgan fingerprint density at radius 1 is 0.444 bits per heavy atom. The van der Waals surface area contributed by atoms with Gasteiger partial charge in [-0.25, -0.2) is 0 Å². The van der Waals surface area contributed by atoms with Crippen molar-refractivity contribution < 1.29 is 64.6 Å². The minimum atomic E-state index is -1.79. The number of rotatable bonds is 54. The predicted octanol–water partition coefficient (Wildman–Crippen LogP) is 12.7. The number of amides is 1. The van der Waals surface area contributed by atoms with E-state index in [0.717, 1.165) is 57.8 Å². The van der Waals surface area contributed by atoms with Crippen molar-refractivity contribution in [3.63, 3.8) is 0 Å². The second-order valence-corrected chi connectivity index (χ2v) is 23.6. The van der Waals surface area contributed by atoms with Crippen LogP contribution in [-0.4, -0.2) is 140 Å². The molecule has 2 heterocycles. The normalized spacial score (nSPS) is 24.4. The molecule has 1 amide bonds. The summed E-state index contributed by atoms with van der Waals surface area (Å²) in [5, 5.41) is 86.8. The number of aliphatic hydroxyl groups excluding tert-OH is 8. The summed E-state index contributed by atoms with van der Waals surface area (Å²) in [6.07, 6.45) is 50.9. The molecule has 474 valence electrons. The van der Waals surface area contributed by atoms with Crippen molar-refractivity contribution in [1.29, 1.82) is 0 Å². The van der Waals surface area contributed by atoms with Gasteiger partial charge >= 0.3 is 0 Å². The summed E-state index contributed by atoms with van der Waals surface area (Å²) in [7, 11) is 0. The molecule has 0 bridgehead atoms. The lowest BCUT2D eigenvalue weighted by Gasteiger charge is -2.46. The zero-order chi connectivity index (χ0) is 58.8. The van der Waals surface area contributed by atoms with Gasteiger partial charge in [-0.05, 0) is 57.8 Å². The van der Waals surface area contributed by atoms with Gasteiger partial charge < -0.3 is 65.1 Å². The number of ether oxygens (including phenoxy) is 4. The number of nitrogens with one attached hydrogen (secondary N) is 1. The largest absolute Gasteiger partial charge is 0.394 e. The van der Waals surface area contributed by atoms with E-state index in [-0.39, 0.29) is 18.9 Å². The van der Waals surface area contributed by atoms with Crippen molar-refractivity contribution in [3.05, 3.63) is 48.6 Å². The number of carbonyl (C=O) groups is 1. The molecule has 2 rings (SSSR count). The van der Waals surface area contributed by atoms with Crippen LogP contribution in [0.3, 0.4) is 0 Å². The van der Waals surface area contributed by atoms with E-state index in [4.69, 9.17) is 18.9 Å². The average molecular weight is 1150 g/mol. The van der Waals surface area contributed by atoms with E-state index in [1.54, 1.807) is 6.08 Å². The van der Waals surface area contributed by atoms with Crippen molar-refractivity contribution in [3.8, 4) is 0 Å². The lowest BCUT2D eigenvalue weighted by molar-refractivity contribution is -0.359. The fourth-order valence-electron chi connectivity index (χ4n) is 10.9. The van der Waals surface area contributed by atoms with Crippen LogP contribution in [0.2, 0.25) is 0 Å². The van der Waals surface area contributed by atoms with E-state index in [1.807, 2.05) is 6.08 Å². The Bertz CT molecular complexity index is 1540. The molecular weight excluding hydrogens is 1030 g/mol. The van der Waals surface area contributed by atoms with Gasteiger partial charge in [0.2, 0.25) is 5.91 Å². The Kier molecular flexibility index (Phi) is 48.5. The van der Waals surface area contributed by atoms with Crippen LogP contribution < -0.4 is 5.32 Å². The third-order valence-electron chi connectivity index (χ3n) is 16.3. The quantitative estimate of drug-likeness (QED) is 0.0204. The molecule has 0 aliphatic carbocycles. The van der Waals surface area contributed by atoms with E-state index in [2.05, 4.69) is 55.6 Å². The molecule has 14 nitrogen and oxygen atoms in total. The fraction of sp³-hybridized carbons (Fsp3) is 0.866. The molecule has 2 aliphatic rings. The molecular formula is C67H123NO13. The molecule has 12 unspecified atom stereocenters. The molecule has 0 aromatic carbocycles. The summed E-state index contributed by atoms with van der Waals surface area (Å²) in [6.45, 7) is 2.74. The summed E-state index contributed by atoms with van der Waals surface area (Å²) >= 11 is 0. The summed E-state index contributed by atoms with van der Waals surface area (Å²) in [6, 6.07) is -0.911. The van der Waals surface area contributed by atoms with Crippen LogP contribution in [-0.2, 0) is 23.7 Å². The van der Waals surface area contributed by atoms with Crippen LogP contribution >= 0.6 is 0 Å². The highest BCUT2D eigenvalue weighted by Gasteiger charge is 2.51. The van der Waals surface area contributed by atoms with Gasteiger partial charge in [-0.2, -0.15) is 0 Å². The van der Waals surface area contributed by atoms with Gasteiger partial charge in [0.05, 0.1) is 32.0 Å². The lowest BCUT2D eigenvalue weighted by atomic mass is 9.97. The zero-order valence-corrected chi connectivity index (χ0v) is 51.3. The first-order valence-electron chi connectivity index (χ1n) is 33.4. The molecule has 14 heteroatoms. The topological polar surface area (TPSA) is 228 Å². The molecule has 0 saturated carbocycles. The summed E-state index contributed by atoms with van der Waals surface area (Å²) in [5.41, 5.74) is 0. The molecule has 0 aromatic heterocycles. The van der Waals surface area contributed by atoms with Crippen LogP contribution in [0.1, 0.15) is 277 Å². The van der Waals surface area contributed by atoms with Crippen molar-refractivity contribution in [1.82, 2.24) is 5.32 Å². The van der Waals surface area contributed by atoms with E-state index in [0.29, 0.717) is 6.42 Å². The van der Waals surface area contributed by atoms with E-state index < -0.39 is 86.8 Å². The number of carbonyl (C=O) groups excluding carboxylic acids is 1. The maximum Gasteiger partial charge on any atom is 0.220 e. The summed E-state index contributed by atoms with van der Waals surface area (Å²) in [4.78, 5) is 13.2. The maximum absolute atomic E-state index is 13.2. The minimum Gasteiger partial charge on any atom is -0.394 e. The molecule has 9 N–H and O–H groups in total. The minimum absolute atomic E-state index is 0.239. The van der Waals surface area contributed by atoms with Crippen LogP contribution in [0.5, 0.6) is 0 Å². The Morgan fingerprint density at radius 2 is 0.815 bits per heavy atom. The molecule has 12 atom stereocenters. The number of aliphatic hydroxyl groups is 8. The third-order valence-corrected chi connectivity index (χ3v) is 16.3. The van der Waals surface area contributed by atoms with Crippen LogP contribution in [0.4, 0.5) is 0 Å².